The number of nitrogens with zero attached hydrogens (tertiary/aromatic N) is 3. The van der Waals surface area contributed by atoms with Crippen molar-refractivity contribution in [3.8, 4) is 0 Å². The van der Waals surface area contributed by atoms with Crippen molar-refractivity contribution in [2.75, 3.05) is 44.7 Å². The number of fused-ring (bicyclic) bond motifs is 2. The lowest BCUT2D eigenvalue weighted by atomic mass is 10.1. The zero-order valence-electron chi connectivity index (χ0n) is 15.2. The van der Waals surface area contributed by atoms with Gasteiger partial charge in [0.15, 0.2) is 0 Å². The normalized spacial score (nSPS) is 24.5. The summed E-state index contributed by atoms with van der Waals surface area (Å²) in [6.45, 7) is 8.38. The van der Waals surface area contributed by atoms with E-state index in [2.05, 4.69) is 16.8 Å². The first-order valence-electron chi connectivity index (χ1n) is 9.08. The molecule has 5 nitrogen and oxygen atoms in total. The van der Waals surface area contributed by atoms with Crippen LogP contribution in [0.3, 0.4) is 0 Å². The zero-order valence-corrected chi connectivity index (χ0v) is 16.9. The molecule has 1 spiro atoms. The quantitative estimate of drug-likeness (QED) is 0.538. The number of benzene rings is 1. The van der Waals surface area contributed by atoms with Crippen molar-refractivity contribution in [3.63, 3.8) is 0 Å². The smallest absolute Gasteiger partial charge is 0.269 e. The second-order valence-electron chi connectivity index (χ2n) is 6.54. The van der Waals surface area contributed by atoms with Crippen LogP contribution in [-0.4, -0.2) is 59.5 Å². The van der Waals surface area contributed by atoms with E-state index in [4.69, 9.17) is 0 Å². The maximum absolute atomic E-state index is 11.2. The van der Waals surface area contributed by atoms with Crippen molar-refractivity contribution in [2.45, 2.75) is 37.8 Å². The summed E-state index contributed by atoms with van der Waals surface area (Å²) in [6, 6.07) is 5.96. The van der Waals surface area contributed by atoms with Crippen molar-refractivity contribution in [1.82, 2.24) is 9.80 Å². The summed E-state index contributed by atoms with van der Waals surface area (Å²) < 4.78 is 0.0371. The third-order valence-electron chi connectivity index (χ3n) is 5.21. The van der Waals surface area contributed by atoms with Gasteiger partial charge in [0.25, 0.3) is 5.69 Å². The zero-order chi connectivity index (χ0) is 18.0. The number of non-ortho nitro benzene ring substituents is 1. The maximum Gasteiger partial charge on any atom is 0.269 e. The van der Waals surface area contributed by atoms with E-state index >= 15 is 0 Å². The Hall–Kier alpha value is -0.760. The van der Waals surface area contributed by atoms with Crippen LogP contribution in [-0.2, 0) is 4.08 Å². The SMILES string of the molecule is C.CC.CN1CCN(C2CC3(SCCS3)c3cc([N+](=O)[O-])ccc32)CC1. The van der Waals surface area contributed by atoms with Gasteiger partial charge in [-0.15, -0.1) is 23.5 Å². The Kier molecular flexibility index (Phi) is 7.42. The molecule has 0 bridgehead atoms. The lowest BCUT2D eigenvalue weighted by molar-refractivity contribution is -0.384. The summed E-state index contributed by atoms with van der Waals surface area (Å²) in [5.41, 5.74) is 2.76. The lowest BCUT2D eigenvalue weighted by Crippen LogP contribution is -2.45. The molecule has 1 unspecified atom stereocenters. The van der Waals surface area contributed by atoms with E-state index in [1.807, 2.05) is 49.5 Å². The molecule has 146 valence electrons. The molecular formula is C19H31N3O2S2. The Morgan fingerprint density at radius 1 is 1.15 bits per heavy atom. The predicted molar refractivity (Wildman–Crippen MR) is 114 cm³/mol. The summed E-state index contributed by atoms with van der Waals surface area (Å²) in [6.07, 6.45) is 1.09. The van der Waals surface area contributed by atoms with Gasteiger partial charge in [0, 0.05) is 55.9 Å². The van der Waals surface area contributed by atoms with Crippen molar-refractivity contribution < 1.29 is 4.92 Å². The minimum Gasteiger partial charge on any atom is -0.304 e. The largest absolute Gasteiger partial charge is 0.304 e. The van der Waals surface area contributed by atoms with E-state index < -0.39 is 0 Å². The Labute approximate surface area is 166 Å². The molecule has 0 saturated carbocycles. The highest BCUT2D eigenvalue weighted by molar-refractivity contribution is 8.20. The van der Waals surface area contributed by atoms with Crippen molar-refractivity contribution in [3.05, 3.63) is 39.4 Å². The summed E-state index contributed by atoms with van der Waals surface area (Å²) in [5.74, 6) is 2.28. The van der Waals surface area contributed by atoms with Crippen LogP contribution in [0, 0.1) is 10.1 Å². The Balaban J connectivity index is 0.000000784. The molecule has 7 heteroatoms. The topological polar surface area (TPSA) is 49.6 Å². The van der Waals surface area contributed by atoms with Gasteiger partial charge in [0.2, 0.25) is 0 Å². The Morgan fingerprint density at radius 3 is 2.35 bits per heavy atom. The molecule has 2 heterocycles. The second-order valence-corrected chi connectivity index (χ2v) is 9.58. The van der Waals surface area contributed by atoms with Crippen LogP contribution in [0.2, 0.25) is 0 Å². The van der Waals surface area contributed by atoms with E-state index in [1.165, 1.54) is 11.1 Å². The molecule has 2 aliphatic heterocycles. The van der Waals surface area contributed by atoms with Crippen molar-refractivity contribution >= 4 is 29.2 Å². The van der Waals surface area contributed by atoms with Gasteiger partial charge in [0.05, 0.1) is 9.00 Å². The first-order valence-corrected chi connectivity index (χ1v) is 11.1. The fourth-order valence-corrected chi connectivity index (χ4v) is 7.32. The monoisotopic (exact) mass is 397 g/mol. The number of rotatable bonds is 2. The molecule has 0 amide bonds. The molecule has 1 aromatic carbocycles. The van der Waals surface area contributed by atoms with E-state index in [0.29, 0.717) is 6.04 Å². The Bertz CT molecular complexity index is 627. The minimum atomic E-state index is -0.262. The number of hydrogen-bond donors (Lipinski definition) is 0. The fraction of sp³-hybridized carbons (Fsp3) is 0.684. The first-order chi connectivity index (χ1) is 12.1. The van der Waals surface area contributed by atoms with Gasteiger partial charge in [0.1, 0.15) is 0 Å². The molecular weight excluding hydrogens is 366 g/mol. The summed E-state index contributed by atoms with van der Waals surface area (Å²) in [7, 11) is 2.17. The Morgan fingerprint density at radius 2 is 1.77 bits per heavy atom. The summed E-state index contributed by atoms with van der Waals surface area (Å²) in [5, 5.41) is 11.2. The number of nitro benzene ring substituents is 1. The predicted octanol–water partition coefficient (Wildman–Crippen LogP) is 4.58. The number of likely N-dealkylation sites (N-methyl/N-ethyl adjacent to an activating group) is 1. The van der Waals surface area contributed by atoms with Gasteiger partial charge in [-0.3, -0.25) is 15.0 Å². The van der Waals surface area contributed by atoms with E-state index in [-0.39, 0.29) is 22.1 Å². The molecule has 0 N–H and O–H groups in total. The summed E-state index contributed by atoms with van der Waals surface area (Å²) >= 11 is 3.97. The molecule has 1 atom stereocenters. The van der Waals surface area contributed by atoms with E-state index in [0.717, 1.165) is 44.1 Å². The number of hydrogen-bond acceptors (Lipinski definition) is 6. The number of nitro groups is 1. The first kappa shape index (κ1) is 21.5. The number of thioether (sulfide) groups is 2. The van der Waals surface area contributed by atoms with Gasteiger partial charge in [-0.2, -0.15) is 0 Å². The van der Waals surface area contributed by atoms with Crippen LogP contribution < -0.4 is 0 Å². The highest BCUT2D eigenvalue weighted by Crippen LogP contribution is 2.63. The second kappa shape index (κ2) is 8.95. The average Bonchev–Trinajstić information content (AvgIpc) is 3.23. The molecule has 1 aromatic rings. The van der Waals surface area contributed by atoms with Crippen LogP contribution in [0.1, 0.15) is 44.9 Å². The van der Waals surface area contributed by atoms with Gasteiger partial charge in [-0.05, 0) is 24.6 Å². The van der Waals surface area contributed by atoms with Gasteiger partial charge in [-0.1, -0.05) is 27.3 Å². The molecule has 2 saturated heterocycles. The van der Waals surface area contributed by atoms with Crippen LogP contribution in [0.4, 0.5) is 5.69 Å². The lowest BCUT2D eigenvalue weighted by Gasteiger charge is -2.37. The van der Waals surface area contributed by atoms with Crippen molar-refractivity contribution in [1.29, 1.82) is 0 Å². The summed E-state index contributed by atoms with van der Waals surface area (Å²) in [4.78, 5) is 15.9. The van der Waals surface area contributed by atoms with Gasteiger partial charge < -0.3 is 4.90 Å². The molecule has 4 rings (SSSR count). The van der Waals surface area contributed by atoms with Crippen LogP contribution in [0.15, 0.2) is 18.2 Å². The third kappa shape index (κ3) is 3.91. The highest BCUT2D eigenvalue weighted by atomic mass is 32.2. The van der Waals surface area contributed by atoms with Crippen LogP contribution >= 0.6 is 23.5 Å². The third-order valence-corrected chi connectivity index (χ3v) is 8.70. The molecule has 0 aromatic heterocycles. The molecule has 1 aliphatic carbocycles. The van der Waals surface area contributed by atoms with Crippen LogP contribution in [0.25, 0.3) is 0 Å². The molecule has 26 heavy (non-hydrogen) atoms. The van der Waals surface area contributed by atoms with Crippen molar-refractivity contribution in [2.24, 2.45) is 0 Å². The fourth-order valence-electron chi connectivity index (χ4n) is 3.94. The molecule has 0 radical (unpaired) electrons. The minimum absolute atomic E-state index is 0. The standard InChI is InChI=1S/C16H21N3O2S2.C2H6.CH4/c1-17-4-6-18(7-5-17)15-11-16(22-8-9-23-16)14-10-12(19(20)21)2-3-13(14)15;1-2;/h2-3,10,15H,4-9,11H2,1H3;1-2H3;1H4. The number of piperazine rings is 1. The van der Waals surface area contributed by atoms with Gasteiger partial charge in [-0.25, -0.2) is 0 Å². The average molecular weight is 398 g/mol. The van der Waals surface area contributed by atoms with Gasteiger partial charge >= 0.3 is 0 Å². The van der Waals surface area contributed by atoms with Crippen LogP contribution in [0.5, 0.6) is 0 Å². The maximum atomic E-state index is 11.2. The molecule has 2 fully saturated rings. The van der Waals surface area contributed by atoms with E-state index in [9.17, 15) is 10.1 Å². The van der Waals surface area contributed by atoms with E-state index in [1.54, 1.807) is 6.07 Å². The highest BCUT2D eigenvalue weighted by Gasteiger charge is 2.49. The molecule has 3 aliphatic rings.